The Kier molecular flexibility index (Phi) is 5.64. The topological polar surface area (TPSA) is 90.2 Å². The second-order valence-electron chi connectivity index (χ2n) is 5.29. The number of hydrogen-bond acceptors (Lipinski definition) is 6. The van der Waals surface area contributed by atoms with E-state index in [1.165, 1.54) is 6.92 Å². The number of hydrogen-bond donors (Lipinski definition) is 1. The second kappa shape index (κ2) is 6.81. The highest BCUT2D eigenvalue weighted by Gasteiger charge is 2.24. The van der Waals surface area contributed by atoms with Gasteiger partial charge in [0, 0.05) is 20.3 Å². The molecule has 1 rings (SSSR count). The lowest BCUT2D eigenvalue weighted by Crippen LogP contribution is -2.25. The largest absolute Gasteiger partial charge is 0.385 e. The van der Waals surface area contributed by atoms with Crippen LogP contribution in [0.4, 0.5) is 11.5 Å². The molecule has 0 unspecified atom stereocenters. The lowest BCUT2D eigenvalue weighted by molar-refractivity contribution is -0.385. The first-order chi connectivity index (χ1) is 9.26. The molecular formula is C12H19ClN4O3. The fourth-order valence-corrected chi connectivity index (χ4v) is 1.88. The van der Waals surface area contributed by atoms with Crippen molar-refractivity contribution in [3.05, 3.63) is 21.1 Å². The quantitative estimate of drug-likeness (QED) is 0.473. The Morgan fingerprint density at radius 1 is 1.45 bits per heavy atom. The first-order valence-corrected chi connectivity index (χ1v) is 6.56. The van der Waals surface area contributed by atoms with Crippen LogP contribution < -0.4 is 5.32 Å². The predicted octanol–water partition coefficient (Wildman–Crippen LogP) is 2.82. The highest BCUT2D eigenvalue weighted by atomic mass is 35.5. The first kappa shape index (κ1) is 16.6. The van der Waals surface area contributed by atoms with Crippen molar-refractivity contribution in [1.29, 1.82) is 0 Å². The standard InChI is InChI=1S/C12H19ClN4O3/c1-8-9(17(18)19)10(16-11(13)15-8)14-7-12(2,3)5-6-20-4/h5-7H2,1-4H3,(H,14,15,16). The normalized spacial score (nSPS) is 11.4. The summed E-state index contributed by atoms with van der Waals surface area (Å²) in [5, 5.41) is 14.1. The van der Waals surface area contributed by atoms with E-state index in [2.05, 4.69) is 15.3 Å². The average molecular weight is 303 g/mol. The third-order valence-corrected chi connectivity index (χ3v) is 3.10. The van der Waals surface area contributed by atoms with Gasteiger partial charge in [0.25, 0.3) is 0 Å². The van der Waals surface area contributed by atoms with Crippen molar-refractivity contribution in [2.45, 2.75) is 27.2 Å². The van der Waals surface area contributed by atoms with Crippen LogP contribution in [0.1, 0.15) is 26.0 Å². The molecule has 0 spiro atoms. The SMILES string of the molecule is COCCC(C)(C)CNc1nc(Cl)nc(C)c1[N+](=O)[O-]. The molecule has 7 nitrogen and oxygen atoms in total. The molecule has 0 fully saturated rings. The average Bonchev–Trinajstić information content (AvgIpc) is 2.32. The third kappa shape index (κ3) is 4.57. The monoisotopic (exact) mass is 302 g/mol. The van der Waals surface area contributed by atoms with Gasteiger partial charge >= 0.3 is 5.69 Å². The van der Waals surface area contributed by atoms with Crippen molar-refractivity contribution in [2.75, 3.05) is 25.6 Å². The van der Waals surface area contributed by atoms with E-state index in [-0.39, 0.29) is 27.9 Å². The molecule has 0 saturated carbocycles. The first-order valence-electron chi connectivity index (χ1n) is 6.18. The van der Waals surface area contributed by atoms with Crippen LogP contribution in [0.25, 0.3) is 0 Å². The zero-order valence-electron chi connectivity index (χ0n) is 12.1. The van der Waals surface area contributed by atoms with Gasteiger partial charge in [-0.1, -0.05) is 13.8 Å². The van der Waals surface area contributed by atoms with Crippen LogP contribution in [-0.2, 0) is 4.74 Å². The van der Waals surface area contributed by atoms with Crippen LogP contribution in [-0.4, -0.2) is 35.2 Å². The summed E-state index contributed by atoms with van der Waals surface area (Å²) in [5.41, 5.74) is 0.0130. The van der Waals surface area contributed by atoms with Gasteiger partial charge in [0.05, 0.1) is 4.92 Å². The second-order valence-corrected chi connectivity index (χ2v) is 5.63. The maximum atomic E-state index is 11.1. The Hall–Kier alpha value is -1.47. The molecule has 0 radical (unpaired) electrons. The summed E-state index contributed by atoms with van der Waals surface area (Å²) in [6.45, 7) is 6.76. The molecule has 8 heteroatoms. The van der Waals surface area contributed by atoms with Crippen LogP contribution in [0.15, 0.2) is 0 Å². The van der Waals surface area contributed by atoms with E-state index in [9.17, 15) is 10.1 Å². The number of halogens is 1. The summed E-state index contributed by atoms with van der Waals surface area (Å²) in [6.07, 6.45) is 0.822. The molecule has 0 aliphatic carbocycles. The van der Waals surface area contributed by atoms with Gasteiger partial charge in [-0.15, -0.1) is 0 Å². The summed E-state index contributed by atoms with van der Waals surface area (Å²) in [7, 11) is 1.64. The van der Waals surface area contributed by atoms with Gasteiger partial charge in [-0.2, -0.15) is 4.98 Å². The zero-order chi connectivity index (χ0) is 15.3. The summed E-state index contributed by atoms with van der Waals surface area (Å²) in [5.74, 6) is 0.151. The van der Waals surface area contributed by atoms with Gasteiger partial charge in [-0.3, -0.25) is 10.1 Å². The Bertz CT molecular complexity index is 494. The molecule has 1 N–H and O–H groups in total. The minimum atomic E-state index is -0.504. The van der Waals surface area contributed by atoms with Crippen molar-refractivity contribution in [3.63, 3.8) is 0 Å². The summed E-state index contributed by atoms with van der Waals surface area (Å²) in [6, 6.07) is 0. The van der Waals surface area contributed by atoms with Crippen molar-refractivity contribution in [1.82, 2.24) is 9.97 Å². The van der Waals surface area contributed by atoms with Crippen molar-refractivity contribution < 1.29 is 9.66 Å². The van der Waals surface area contributed by atoms with E-state index < -0.39 is 4.92 Å². The van der Waals surface area contributed by atoms with Gasteiger partial charge < -0.3 is 10.1 Å². The minimum absolute atomic E-state index is 0.00898. The number of nitro groups is 1. The molecule has 0 aliphatic rings. The highest BCUT2D eigenvalue weighted by Crippen LogP contribution is 2.28. The number of aryl methyl sites for hydroxylation is 1. The van der Waals surface area contributed by atoms with Gasteiger partial charge in [-0.25, -0.2) is 4.98 Å². The Morgan fingerprint density at radius 2 is 2.10 bits per heavy atom. The van der Waals surface area contributed by atoms with E-state index in [1.54, 1.807) is 7.11 Å². The van der Waals surface area contributed by atoms with E-state index in [1.807, 2.05) is 13.8 Å². The number of aromatic nitrogens is 2. The lowest BCUT2D eigenvalue weighted by atomic mass is 9.90. The maximum Gasteiger partial charge on any atom is 0.332 e. The van der Waals surface area contributed by atoms with Crippen molar-refractivity contribution in [2.24, 2.45) is 5.41 Å². The Labute approximate surface area is 122 Å². The summed E-state index contributed by atoms with van der Waals surface area (Å²) in [4.78, 5) is 18.3. The highest BCUT2D eigenvalue weighted by molar-refractivity contribution is 6.28. The zero-order valence-corrected chi connectivity index (χ0v) is 12.8. The molecule has 0 aliphatic heterocycles. The van der Waals surface area contributed by atoms with E-state index >= 15 is 0 Å². The van der Waals surface area contributed by atoms with Gasteiger partial charge in [0.15, 0.2) is 0 Å². The smallest absolute Gasteiger partial charge is 0.332 e. The van der Waals surface area contributed by atoms with Crippen LogP contribution in [0, 0.1) is 22.5 Å². The Morgan fingerprint density at radius 3 is 2.65 bits per heavy atom. The lowest BCUT2D eigenvalue weighted by Gasteiger charge is -2.24. The molecule has 112 valence electrons. The van der Waals surface area contributed by atoms with Crippen LogP contribution >= 0.6 is 11.6 Å². The number of rotatable bonds is 7. The fourth-order valence-electron chi connectivity index (χ4n) is 1.66. The van der Waals surface area contributed by atoms with Gasteiger partial charge in [-0.05, 0) is 30.4 Å². The predicted molar refractivity (Wildman–Crippen MR) is 77.2 cm³/mol. The molecule has 0 aromatic carbocycles. The molecule has 1 aromatic heterocycles. The fraction of sp³-hybridized carbons (Fsp3) is 0.667. The number of nitrogens with one attached hydrogen (secondary N) is 1. The van der Waals surface area contributed by atoms with Crippen LogP contribution in [0.5, 0.6) is 0 Å². The van der Waals surface area contributed by atoms with Gasteiger partial charge in [0.1, 0.15) is 5.69 Å². The molecule has 1 heterocycles. The third-order valence-electron chi connectivity index (χ3n) is 2.93. The number of nitrogens with zero attached hydrogens (tertiary/aromatic N) is 3. The number of ether oxygens (including phenoxy) is 1. The summed E-state index contributed by atoms with van der Waals surface area (Å²) >= 11 is 5.76. The number of anilines is 1. The summed E-state index contributed by atoms with van der Waals surface area (Å²) < 4.78 is 5.05. The van der Waals surface area contributed by atoms with Crippen molar-refractivity contribution >= 4 is 23.1 Å². The minimum Gasteiger partial charge on any atom is -0.385 e. The molecule has 20 heavy (non-hydrogen) atoms. The molecule has 0 amide bonds. The molecule has 0 bridgehead atoms. The molecule has 1 aromatic rings. The molecule has 0 saturated heterocycles. The van der Waals surface area contributed by atoms with Crippen LogP contribution in [0.2, 0.25) is 5.28 Å². The molecule has 0 atom stereocenters. The van der Waals surface area contributed by atoms with Crippen LogP contribution in [0.3, 0.4) is 0 Å². The Balaban J connectivity index is 2.89. The maximum absolute atomic E-state index is 11.1. The van der Waals surface area contributed by atoms with Gasteiger partial charge in [0.2, 0.25) is 11.1 Å². The number of methoxy groups -OCH3 is 1. The van der Waals surface area contributed by atoms with E-state index in [0.29, 0.717) is 13.2 Å². The van der Waals surface area contributed by atoms with E-state index in [4.69, 9.17) is 16.3 Å². The molecular weight excluding hydrogens is 284 g/mol. The van der Waals surface area contributed by atoms with Crippen molar-refractivity contribution in [3.8, 4) is 0 Å². The van der Waals surface area contributed by atoms with E-state index in [0.717, 1.165) is 6.42 Å².